The quantitative estimate of drug-likeness (QED) is 0.606. The van der Waals surface area contributed by atoms with E-state index in [0.717, 1.165) is 0 Å². The summed E-state index contributed by atoms with van der Waals surface area (Å²) >= 11 is 0. The van der Waals surface area contributed by atoms with Crippen LogP contribution >= 0.6 is 0 Å². The van der Waals surface area contributed by atoms with Crippen LogP contribution in [0.1, 0.15) is 20.8 Å². The zero-order valence-electron chi connectivity index (χ0n) is 7.09. The Kier molecular flexibility index (Phi) is 4.19. The maximum Gasteiger partial charge on any atom is 0.0931 e. The molecule has 0 aliphatic rings. The molecule has 0 bridgehead atoms. The van der Waals surface area contributed by atoms with E-state index in [-0.39, 0.29) is 6.04 Å². The minimum absolute atomic E-state index is 0.0950. The van der Waals surface area contributed by atoms with Gasteiger partial charge >= 0.3 is 0 Å². The molecule has 0 saturated carbocycles. The molecule has 3 nitrogen and oxygen atoms in total. The topological polar surface area (TPSA) is 41.5 Å². The van der Waals surface area contributed by atoms with E-state index >= 15 is 0 Å². The second-order valence-electron chi connectivity index (χ2n) is 2.78. The standard InChI is InChI=1S/C7H16N2O/c1-5(6(2)8-4)7(3)9-10/h5-8H,1-4H3. The molecule has 0 amide bonds. The third-order valence-electron chi connectivity index (χ3n) is 2.17. The van der Waals surface area contributed by atoms with E-state index in [1.165, 1.54) is 0 Å². The average Bonchev–Trinajstić information content (AvgIpc) is 2.00. The van der Waals surface area contributed by atoms with Gasteiger partial charge in [-0.05, 0) is 26.8 Å². The zero-order chi connectivity index (χ0) is 8.15. The summed E-state index contributed by atoms with van der Waals surface area (Å²) < 4.78 is 0. The highest BCUT2D eigenvalue weighted by Gasteiger charge is 2.17. The van der Waals surface area contributed by atoms with Crippen LogP contribution in [0.4, 0.5) is 0 Å². The lowest BCUT2D eigenvalue weighted by molar-refractivity contribution is 0.373. The van der Waals surface area contributed by atoms with E-state index in [0.29, 0.717) is 12.0 Å². The minimum Gasteiger partial charge on any atom is -0.317 e. The summed E-state index contributed by atoms with van der Waals surface area (Å²) in [7, 11) is 1.89. The molecule has 0 rings (SSSR count). The van der Waals surface area contributed by atoms with E-state index in [2.05, 4.69) is 10.5 Å². The molecule has 0 spiro atoms. The van der Waals surface area contributed by atoms with Crippen molar-refractivity contribution in [1.82, 2.24) is 5.32 Å². The van der Waals surface area contributed by atoms with Gasteiger partial charge in [-0.25, -0.2) is 0 Å². The van der Waals surface area contributed by atoms with Crippen LogP contribution < -0.4 is 5.32 Å². The Balaban J connectivity index is 3.80. The van der Waals surface area contributed by atoms with Crippen molar-refractivity contribution < 1.29 is 0 Å². The van der Waals surface area contributed by atoms with Crippen LogP contribution in [0.3, 0.4) is 0 Å². The van der Waals surface area contributed by atoms with Crippen molar-refractivity contribution >= 4 is 0 Å². The highest BCUT2D eigenvalue weighted by Crippen LogP contribution is 2.10. The van der Waals surface area contributed by atoms with Gasteiger partial charge in [0.25, 0.3) is 0 Å². The summed E-state index contributed by atoms with van der Waals surface area (Å²) in [5.41, 5.74) is 0. The van der Waals surface area contributed by atoms with Crippen LogP contribution in [0.15, 0.2) is 5.18 Å². The Morgan fingerprint density at radius 1 is 1.30 bits per heavy atom. The number of hydrogen-bond donors (Lipinski definition) is 1. The molecule has 3 unspecified atom stereocenters. The molecule has 0 aliphatic heterocycles. The van der Waals surface area contributed by atoms with Gasteiger partial charge in [0.15, 0.2) is 0 Å². The van der Waals surface area contributed by atoms with Crippen molar-refractivity contribution in [3.63, 3.8) is 0 Å². The van der Waals surface area contributed by atoms with Gasteiger partial charge in [-0.15, -0.1) is 0 Å². The van der Waals surface area contributed by atoms with Crippen LogP contribution in [-0.4, -0.2) is 19.1 Å². The van der Waals surface area contributed by atoms with Crippen molar-refractivity contribution in [3.05, 3.63) is 4.91 Å². The third kappa shape index (κ3) is 2.43. The number of hydrogen-bond acceptors (Lipinski definition) is 3. The van der Waals surface area contributed by atoms with Gasteiger partial charge < -0.3 is 5.32 Å². The van der Waals surface area contributed by atoms with Crippen LogP contribution in [0, 0.1) is 10.8 Å². The van der Waals surface area contributed by atoms with Gasteiger partial charge in [0.2, 0.25) is 0 Å². The van der Waals surface area contributed by atoms with E-state index < -0.39 is 0 Å². The van der Waals surface area contributed by atoms with Crippen molar-refractivity contribution in [1.29, 1.82) is 0 Å². The van der Waals surface area contributed by atoms with Crippen molar-refractivity contribution in [2.45, 2.75) is 32.9 Å². The average molecular weight is 144 g/mol. The lowest BCUT2D eigenvalue weighted by Gasteiger charge is -2.20. The molecular weight excluding hydrogens is 128 g/mol. The molecule has 60 valence electrons. The second-order valence-corrected chi connectivity index (χ2v) is 2.78. The third-order valence-corrected chi connectivity index (χ3v) is 2.17. The van der Waals surface area contributed by atoms with E-state index in [9.17, 15) is 4.91 Å². The Morgan fingerprint density at radius 2 is 1.80 bits per heavy atom. The van der Waals surface area contributed by atoms with Crippen LogP contribution in [-0.2, 0) is 0 Å². The highest BCUT2D eigenvalue weighted by atomic mass is 16.3. The number of rotatable bonds is 4. The maximum atomic E-state index is 10.1. The molecule has 0 aliphatic carbocycles. The Hall–Kier alpha value is -0.440. The molecule has 0 aromatic heterocycles. The highest BCUT2D eigenvalue weighted by molar-refractivity contribution is 4.75. The van der Waals surface area contributed by atoms with E-state index in [4.69, 9.17) is 0 Å². The SMILES string of the molecule is CNC(C)C(C)C(C)N=O. The first-order valence-electron chi connectivity index (χ1n) is 3.63. The Bertz CT molecular complexity index is 106. The number of nitroso groups, excluding NO2 is 1. The van der Waals surface area contributed by atoms with Crippen LogP contribution in [0.2, 0.25) is 0 Å². The molecule has 0 aromatic carbocycles. The molecule has 0 saturated heterocycles. The normalized spacial score (nSPS) is 19.6. The molecule has 1 N–H and O–H groups in total. The van der Waals surface area contributed by atoms with Gasteiger partial charge in [-0.3, -0.25) is 0 Å². The van der Waals surface area contributed by atoms with Gasteiger partial charge in [0, 0.05) is 6.04 Å². The van der Waals surface area contributed by atoms with Gasteiger partial charge in [0.1, 0.15) is 0 Å². The summed E-state index contributed by atoms with van der Waals surface area (Å²) in [6.07, 6.45) is 0. The molecule has 0 aromatic rings. The maximum absolute atomic E-state index is 10.1. The monoisotopic (exact) mass is 144 g/mol. The summed E-state index contributed by atoms with van der Waals surface area (Å²) in [6, 6.07) is 0.259. The van der Waals surface area contributed by atoms with Crippen molar-refractivity contribution in [2.75, 3.05) is 7.05 Å². The van der Waals surface area contributed by atoms with Crippen LogP contribution in [0.25, 0.3) is 0 Å². The first-order valence-corrected chi connectivity index (χ1v) is 3.63. The van der Waals surface area contributed by atoms with Crippen molar-refractivity contribution in [3.8, 4) is 0 Å². The molecule has 3 atom stereocenters. The smallest absolute Gasteiger partial charge is 0.0931 e. The summed E-state index contributed by atoms with van der Waals surface area (Å²) in [5, 5.41) is 6.05. The second kappa shape index (κ2) is 4.39. The largest absolute Gasteiger partial charge is 0.317 e. The molecule has 10 heavy (non-hydrogen) atoms. The van der Waals surface area contributed by atoms with Crippen LogP contribution in [0.5, 0.6) is 0 Å². The summed E-state index contributed by atoms with van der Waals surface area (Å²) in [5.74, 6) is 0.308. The molecular formula is C7H16N2O. The fourth-order valence-electron chi connectivity index (χ4n) is 0.777. The predicted octanol–water partition coefficient (Wildman–Crippen LogP) is 1.39. The fraction of sp³-hybridized carbons (Fsp3) is 1.00. The Labute approximate surface area is 62.2 Å². The first-order chi connectivity index (χ1) is 4.63. The van der Waals surface area contributed by atoms with Gasteiger partial charge in [-0.1, -0.05) is 12.1 Å². The number of nitrogens with zero attached hydrogens (tertiary/aromatic N) is 1. The number of nitrogens with one attached hydrogen (secondary N) is 1. The van der Waals surface area contributed by atoms with Gasteiger partial charge in [0.05, 0.1) is 6.04 Å². The van der Waals surface area contributed by atoms with Gasteiger partial charge in [-0.2, -0.15) is 4.91 Å². The first kappa shape index (κ1) is 9.56. The molecule has 3 heteroatoms. The molecule has 0 heterocycles. The minimum atomic E-state index is -0.0950. The lowest BCUT2D eigenvalue weighted by Crippen LogP contribution is -2.33. The van der Waals surface area contributed by atoms with E-state index in [1.807, 2.05) is 27.8 Å². The van der Waals surface area contributed by atoms with E-state index in [1.54, 1.807) is 0 Å². The molecule has 0 radical (unpaired) electrons. The Morgan fingerprint density at radius 3 is 2.10 bits per heavy atom. The zero-order valence-corrected chi connectivity index (χ0v) is 7.09. The lowest BCUT2D eigenvalue weighted by atomic mass is 9.97. The summed E-state index contributed by atoms with van der Waals surface area (Å²) in [6.45, 7) is 5.91. The molecule has 0 fully saturated rings. The fourth-order valence-corrected chi connectivity index (χ4v) is 0.777. The van der Waals surface area contributed by atoms with Crippen molar-refractivity contribution in [2.24, 2.45) is 11.1 Å². The predicted molar refractivity (Wildman–Crippen MR) is 42.9 cm³/mol. The summed E-state index contributed by atoms with van der Waals surface area (Å²) in [4.78, 5) is 10.1.